The number of esters is 1. The van der Waals surface area contributed by atoms with E-state index in [0.717, 1.165) is 5.56 Å². The third-order valence-electron chi connectivity index (χ3n) is 6.67. The number of rotatable bonds is 5. The zero-order valence-corrected chi connectivity index (χ0v) is 23.1. The van der Waals surface area contributed by atoms with Gasteiger partial charge in [-0.25, -0.2) is 9.00 Å². The smallest absolute Gasteiger partial charge is 0.340 e. The molecule has 0 bridgehead atoms. The number of nitrogens with one attached hydrogen (secondary N) is 1. The molecule has 1 N–H and O–H groups in total. The summed E-state index contributed by atoms with van der Waals surface area (Å²) >= 11 is 6.21. The van der Waals surface area contributed by atoms with Gasteiger partial charge in [-0.2, -0.15) is 0 Å². The van der Waals surface area contributed by atoms with Crippen molar-refractivity contribution in [1.29, 1.82) is 0 Å². The van der Waals surface area contributed by atoms with Gasteiger partial charge in [0.15, 0.2) is 11.5 Å². The molecule has 0 aromatic heterocycles. The Morgan fingerprint density at radius 3 is 2.54 bits per heavy atom. The molecule has 1 atom stereocenters. The van der Waals surface area contributed by atoms with E-state index in [9.17, 15) is 18.6 Å². The van der Waals surface area contributed by atoms with Crippen LogP contribution in [0.4, 0.5) is 11.4 Å². The summed E-state index contributed by atoms with van der Waals surface area (Å²) in [5.74, 6) is -0.896. The molecule has 9 nitrogen and oxygen atoms in total. The van der Waals surface area contributed by atoms with E-state index < -0.39 is 22.7 Å². The van der Waals surface area contributed by atoms with Crippen LogP contribution >= 0.6 is 11.6 Å². The summed E-state index contributed by atoms with van der Waals surface area (Å²) in [7, 11) is -0.463. The summed E-state index contributed by atoms with van der Waals surface area (Å²) in [6.45, 7) is 0.103. The number of hydrogen-bond donors (Lipinski definition) is 1. The maximum atomic E-state index is 13.8. The monoisotopic (exact) mass is 588 g/mol. The van der Waals surface area contributed by atoms with E-state index in [1.165, 1.54) is 36.3 Å². The molecule has 4 aromatic rings. The second-order valence-electron chi connectivity index (χ2n) is 9.17. The van der Waals surface area contributed by atoms with Crippen LogP contribution in [0.2, 0.25) is 5.02 Å². The zero-order chi connectivity index (χ0) is 28.7. The molecule has 0 spiro atoms. The van der Waals surface area contributed by atoms with Gasteiger partial charge in [0.2, 0.25) is 6.79 Å². The number of hydrogen-bond acceptors (Lipinski definition) is 7. The fourth-order valence-electron chi connectivity index (χ4n) is 4.70. The van der Waals surface area contributed by atoms with Crippen LogP contribution in [-0.4, -0.2) is 35.9 Å². The van der Waals surface area contributed by atoms with E-state index in [-0.39, 0.29) is 36.1 Å². The lowest BCUT2D eigenvalue weighted by Gasteiger charge is -2.24. The van der Waals surface area contributed by atoms with Crippen LogP contribution in [-0.2, 0) is 22.1 Å². The van der Waals surface area contributed by atoms with Crippen molar-refractivity contribution in [1.82, 2.24) is 0 Å². The molecular weight excluding hydrogens is 568 g/mol. The Morgan fingerprint density at radius 2 is 1.76 bits per heavy atom. The second-order valence-corrected chi connectivity index (χ2v) is 11.0. The van der Waals surface area contributed by atoms with E-state index in [1.807, 2.05) is 6.07 Å². The highest BCUT2D eigenvalue weighted by molar-refractivity contribution is 7.85. The van der Waals surface area contributed by atoms with Crippen molar-refractivity contribution in [2.45, 2.75) is 16.3 Å². The molecule has 2 aliphatic heterocycles. The first-order valence-electron chi connectivity index (χ1n) is 12.4. The number of carbonyl (C=O) groups excluding carboxylic acids is 3. The lowest BCUT2D eigenvalue weighted by atomic mass is 10.1. The van der Waals surface area contributed by atoms with Gasteiger partial charge in [-0.3, -0.25) is 9.59 Å². The van der Waals surface area contributed by atoms with Crippen LogP contribution in [0.5, 0.6) is 11.5 Å². The Labute approximate surface area is 242 Å². The minimum Gasteiger partial charge on any atom is -0.465 e. The standard InChI is InChI=1S/C30H21ClN2O7S/c1-38-30(36)21-13-24-25(40-16-39-24)14-22(21)32-28(34)18-9-10-27-23(12-18)33(15-17-5-4-6-19(31)11-17)29(35)20-7-2-3-8-26(20)41(27)37/h2-14H,15-16H2,1H3,(H,32,34)/t41-/m1/s1. The molecule has 0 saturated carbocycles. The van der Waals surface area contributed by atoms with Gasteiger partial charge in [-0.15, -0.1) is 0 Å². The molecule has 2 aliphatic rings. The summed E-state index contributed by atoms with van der Waals surface area (Å²) in [6, 6.07) is 21.3. The maximum absolute atomic E-state index is 13.8. The molecule has 0 radical (unpaired) electrons. The molecule has 41 heavy (non-hydrogen) atoms. The first-order valence-corrected chi connectivity index (χ1v) is 13.9. The van der Waals surface area contributed by atoms with Crippen molar-refractivity contribution < 1.29 is 32.8 Å². The largest absolute Gasteiger partial charge is 0.465 e. The van der Waals surface area contributed by atoms with Gasteiger partial charge in [0, 0.05) is 22.7 Å². The molecule has 2 heterocycles. The predicted molar refractivity (Wildman–Crippen MR) is 151 cm³/mol. The molecule has 0 saturated heterocycles. The minimum atomic E-state index is -1.69. The van der Waals surface area contributed by atoms with Gasteiger partial charge >= 0.3 is 5.97 Å². The third kappa shape index (κ3) is 4.92. The van der Waals surface area contributed by atoms with Gasteiger partial charge in [0.25, 0.3) is 11.8 Å². The molecule has 6 rings (SSSR count). The topological polar surface area (TPSA) is 111 Å². The second kappa shape index (κ2) is 10.7. The van der Waals surface area contributed by atoms with Crippen LogP contribution in [0.1, 0.15) is 36.6 Å². The zero-order valence-electron chi connectivity index (χ0n) is 21.5. The van der Waals surface area contributed by atoms with Gasteiger partial charge in [-0.1, -0.05) is 35.9 Å². The highest BCUT2D eigenvalue weighted by Crippen LogP contribution is 2.39. The summed E-state index contributed by atoms with van der Waals surface area (Å²) in [6.07, 6.45) is 0. The maximum Gasteiger partial charge on any atom is 0.340 e. The molecule has 0 fully saturated rings. The van der Waals surface area contributed by atoms with E-state index in [4.69, 9.17) is 25.8 Å². The first kappa shape index (κ1) is 26.5. The van der Waals surface area contributed by atoms with E-state index >= 15 is 0 Å². The number of halogens is 1. The minimum absolute atomic E-state index is 0.0197. The Balaban J connectivity index is 1.42. The normalized spacial score (nSPS) is 15.0. The summed E-state index contributed by atoms with van der Waals surface area (Å²) < 4.78 is 29.3. The fourth-order valence-corrected chi connectivity index (χ4v) is 6.26. The predicted octanol–water partition coefficient (Wildman–Crippen LogP) is 5.43. The molecule has 206 valence electrons. The summed E-state index contributed by atoms with van der Waals surface area (Å²) in [5.41, 5.74) is 1.77. The van der Waals surface area contributed by atoms with Crippen molar-refractivity contribution in [3.05, 3.63) is 106 Å². The lowest BCUT2D eigenvalue weighted by molar-refractivity contribution is 0.0601. The van der Waals surface area contributed by atoms with Crippen LogP contribution in [0.15, 0.2) is 88.7 Å². The van der Waals surface area contributed by atoms with Crippen molar-refractivity contribution in [3.63, 3.8) is 0 Å². The number of anilines is 2. The van der Waals surface area contributed by atoms with Crippen molar-refractivity contribution >= 4 is 51.6 Å². The SMILES string of the molecule is COC(=O)c1cc2c(cc1NC(=O)c1ccc3c(c1)N(Cc1cccc(Cl)c1)C(=O)c1ccccc1[S@]3=O)OCO2. The Morgan fingerprint density at radius 1 is 0.976 bits per heavy atom. The third-order valence-corrected chi connectivity index (χ3v) is 8.41. The van der Waals surface area contributed by atoms with Crippen LogP contribution in [0.3, 0.4) is 0 Å². The average Bonchev–Trinajstić information content (AvgIpc) is 3.43. The van der Waals surface area contributed by atoms with Crippen molar-refractivity contribution in [2.75, 3.05) is 24.1 Å². The molecule has 0 aliphatic carbocycles. The fraction of sp³-hybridized carbons (Fsp3) is 0.100. The number of methoxy groups -OCH3 is 1. The van der Waals surface area contributed by atoms with Gasteiger partial charge < -0.3 is 24.4 Å². The van der Waals surface area contributed by atoms with E-state index in [1.54, 1.807) is 48.5 Å². The molecule has 11 heteroatoms. The number of benzene rings is 4. The number of ether oxygens (including phenoxy) is 3. The van der Waals surface area contributed by atoms with Crippen molar-refractivity contribution in [3.8, 4) is 11.5 Å². The van der Waals surface area contributed by atoms with E-state index in [2.05, 4.69) is 5.32 Å². The Hall–Kier alpha value is -4.67. The molecule has 2 amide bonds. The lowest BCUT2D eigenvalue weighted by Crippen LogP contribution is -2.30. The molecular formula is C30H21ClN2O7S. The molecule has 4 aromatic carbocycles. The highest BCUT2D eigenvalue weighted by Gasteiger charge is 2.32. The Bertz CT molecular complexity index is 1770. The number of nitrogens with zero attached hydrogens (tertiary/aromatic N) is 1. The van der Waals surface area contributed by atoms with Crippen LogP contribution in [0.25, 0.3) is 0 Å². The van der Waals surface area contributed by atoms with Gasteiger partial charge in [0.05, 0.1) is 56.7 Å². The summed E-state index contributed by atoms with van der Waals surface area (Å²) in [4.78, 5) is 42.0. The van der Waals surface area contributed by atoms with Crippen LogP contribution in [0, 0.1) is 0 Å². The Kier molecular flexibility index (Phi) is 6.94. The number of amides is 2. The number of fused-ring (bicyclic) bond motifs is 3. The van der Waals surface area contributed by atoms with Crippen LogP contribution < -0.4 is 19.7 Å². The van der Waals surface area contributed by atoms with E-state index in [0.29, 0.717) is 37.6 Å². The van der Waals surface area contributed by atoms with Crippen molar-refractivity contribution in [2.24, 2.45) is 0 Å². The average molecular weight is 589 g/mol. The quantitative estimate of drug-likeness (QED) is 0.309. The molecule has 0 unspecified atom stereocenters. The van der Waals surface area contributed by atoms with Gasteiger partial charge in [-0.05, 0) is 48.0 Å². The summed E-state index contributed by atoms with van der Waals surface area (Å²) in [5, 5.41) is 3.24. The van der Waals surface area contributed by atoms with Gasteiger partial charge in [0.1, 0.15) is 0 Å². The first-order chi connectivity index (χ1) is 19.8. The number of carbonyl (C=O) groups is 3. The highest BCUT2D eigenvalue weighted by atomic mass is 35.5.